The molecule has 0 spiro atoms. The highest BCUT2D eigenvalue weighted by Crippen LogP contribution is 2.52. The molecule has 6 rings (SSSR count). The van der Waals surface area contributed by atoms with Crippen LogP contribution in [0.3, 0.4) is 0 Å². The van der Waals surface area contributed by atoms with E-state index in [0.29, 0.717) is 21.5 Å². The van der Waals surface area contributed by atoms with Gasteiger partial charge in [0, 0.05) is 32.5 Å². The molecule has 1 N–H and O–H groups in total. The van der Waals surface area contributed by atoms with Crippen molar-refractivity contribution in [3.63, 3.8) is 0 Å². The molecular formula is C28H21Cl3N4S. The predicted molar refractivity (Wildman–Crippen MR) is 148 cm³/mol. The second kappa shape index (κ2) is 9.64. The molecule has 4 nitrogen and oxygen atoms in total. The van der Waals surface area contributed by atoms with Crippen molar-refractivity contribution in [3.05, 3.63) is 110 Å². The second-order valence-electron chi connectivity index (χ2n) is 9.20. The van der Waals surface area contributed by atoms with Gasteiger partial charge in [-0.05, 0) is 60.2 Å². The van der Waals surface area contributed by atoms with Crippen molar-refractivity contribution in [3.8, 4) is 22.0 Å². The SMILES string of the molecule is Clc1ccc(-c2[nH]nc(-c3nnc(C4(Cc5ccccc5)CC4)s3)c2Cc2ccc(Cl)cc2Cl)cc1. The largest absolute Gasteiger partial charge is 0.277 e. The molecule has 0 amide bonds. The minimum atomic E-state index is 0.0756. The van der Waals surface area contributed by atoms with Gasteiger partial charge in [-0.3, -0.25) is 5.10 Å². The van der Waals surface area contributed by atoms with Crippen molar-refractivity contribution in [2.45, 2.75) is 31.1 Å². The summed E-state index contributed by atoms with van der Waals surface area (Å²) in [5, 5.41) is 21.0. The summed E-state index contributed by atoms with van der Waals surface area (Å²) >= 11 is 20.5. The number of H-pyrrole nitrogens is 1. The Morgan fingerprint density at radius 3 is 2.33 bits per heavy atom. The van der Waals surface area contributed by atoms with Crippen molar-refractivity contribution in [1.29, 1.82) is 0 Å². The molecule has 0 aliphatic heterocycles. The highest BCUT2D eigenvalue weighted by atomic mass is 35.5. The molecule has 0 radical (unpaired) electrons. The number of nitrogens with one attached hydrogen (secondary N) is 1. The maximum Gasteiger partial charge on any atom is 0.168 e. The van der Waals surface area contributed by atoms with Crippen LogP contribution in [0.4, 0.5) is 0 Å². The first-order valence-electron chi connectivity index (χ1n) is 11.7. The van der Waals surface area contributed by atoms with Crippen LogP contribution in [0.15, 0.2) is 72.8 Å². The fourth-order valence-corrected chi connectivity index (χ4v) is 6.27. The topological polar surface area (TPSA) is 54.5 Å². The van der Waals surface area contributed by atoms with E-state index in [0.717, 1.165) is 57.4 Å². The third kappa shape index (κ3) is 4.69. The van der Waals surface area contributed by atoms with Crippen LogP contribution in [0.25, 0.3) is 22.0 Å². The summed E-state index contributed by atoms with van der Waals surface area (Å²) < 4.78 is 0. The van der Waals surface area contributed by atoms with E-state index in [4.69, 9.17) is 39.9 Å². The molecule has 2 aromatic heterocycles. The van der Waals surface area contributed by atoms with E-state index >= 15 is 0 Å². The number of hydrogen-bond donors (Lipinski definition) is 1. The lowest BCUT2D eigenvalue weighted by atomic mass is 9.97. The van der Waals surface area contributed by atoms with Gasteiger partial charge in [-0.15, -0.1) is 10.2 Å². The van der Waals surface area contributed by atoms with Gasteiger partial charge >= 0.3 is 0 Å². The highest BCUT2D eigenvalue weighted by Gasteiger charge is 2.47. The Morgan fingerprint density at radius 2 is 1.61 bits per heavy atom. The molecule has 36 heavy (non-hydrogen) atoms. The average Bonchev–Trinajstić information content (AvgIpc) is 3.29. The molecule has 1 aliphatic carbocycles. The Balaban J connectivity index is 1.39. The fourth-order valence-electron chi connectivity index (χ4n) is 4.56. The van der Waals surface area contributed by atoms with Gasteiger partial charge in [-0.1, -0.05) is 94.7 Å². The van der Waals surface area contributed by atoms with Gasteiger partial charge in [0.2, 0.25) is 0 Å². The monoisotopic (exact) mass is 550 g/mol. The average molecular weight is 552 g/mol. The first-order valence-corrected chi connectivity index (χ1v) is 13.6. The van der Waals surface area contributed by atoms with Crippen LogP contribution in [-0.2, 0) is 18.3 Å². The first kappa shape index (κ1) is 23.7. The standard InChI is InChI=1S/C28H21Cl3N4S/c29-20-9-6-18(7-10-20)24-22(14-19-8-11-21(30)15-23(19)31)25(33-32-24)26-34-35-27(36-26)28(12-13-28)16-17-4-2-1-3-5-17/h1-11,15H,12-14,16H2,(H,32,33). The summed E-state index contributed by atoms with van der Waals surface area (Å²) in [6.45, 7) is 0. The summed E-state index contributed by atoms with van der Waals surface area (Å²) in [6, 6.07) is 23.9. The molecule has 0 atom stereocenters. The first-order chi connectivity index (χ1) is 17.5. The number of benzene rings is 3. The Bertz CT molecular complexity index is 1520. The van der Waals surface area contributed by atoms with Gasteiger partial charge in [0.05, 0.1) is 5.69 Å². The summed E-state index contributed by atoms with van der Waals surface area (Å²) in [4.78, 5) is 0. The van der Waals surface area contributed by atoms with Crippen LogP contribution in [0.5, 0.6) is 0 Å². The normalized spacial score (nSPS) is 14.2. The molecule has 1 fully saturated rings. The molecule has 5 aromatic rings. The summed E-state index contributed by atoms with van der Waals surface area (Å²) in [6.07, 6.45) is 3.80. The Labute approximate surface area is 228 Å². The number of nitrogens with zero attached hydrogens (tertiary/aromatic N) is 3. The van der Waals surface area contributed by atoms with Gasteiger partial charge in [0.25, 0.3) is 0 Å². The van der Waals surface area contributed by atoms with Crippen LogP contribution in [0.2, 0.25) is 15.1 Å². The zero-order valence-electron chi connectivity index (χ0n) is 19.1. The van der Waals surface area contributed by atoms with E-state index in [9.17, 15) is 0 Å². The van der Waals surface area contributed by atoms with E-state index in [1.807, 2.05) is 36.4 Å². The van der Waals surface area contributed by atoms with Gasteiger partial charge in [0.1, 0.15) is 10.7 Å². The number of aromatic amines is 1. The lowest BCUT2D eigenvalue weighted by Gasteiger charge is -2.11. The van der Waals surface area contributed by atoms with E-state index in [-0.39, 0.29) is 5.41 Å². The van der Waals surface area contributed by atoms with Crippen LogP contribution in [0.1, 0.15) is 34.5 Å². The Kier molecular flexibility index (Phi) is 6.34. The molecule has 180 valence electrons. The molecule has 0 bridgehead atoms. The third-order valence-corrected chi connectivity index (χ3v) is 8.72. The minimum Gasteiger partial charge on any atom is -0.277 e. The lowest BCUT2D eigenvalue weighted by Crippen LogP contribution is -2.10. The summed E-state index contributed by atoms with van der Waals surface area (Å²) in [5.41, 5.74) is 6.08. The molecular weight excluding hydrogens is 531 g/mol. The fraction of sp³-hybridized carbons (Fsp3) is 0.179. The quantitative estimate of drug-likeness (QED) is 0.221. The van der Waals surface area contributed by atoms with E-state index in [1.54, 1.807) is 17.4 Å². The smallest absolute Gasteiger partial charge is 0.168 e. The zero-order chi connectivity index (χ0) is 24.7. The second-order valence-corrected chi connectivity index (χ2v) is 11.5. The van der Waals surface area contributed by atoms with Crippen molar-refractivity contribution in [2.75, 3.05) is 0 Å². The number of rotatable bonds is 7. The molecule has 8 heteroatoms. The Hall–Kier alpha value is -2.70. The maximum absolute atomic E-state index is 6.56. The third-order valence-electron chi connectivity index (χ3n) is 6.70. The highest BCUT2D eigenvalue weighted by molar-refractivity contribution is 7.14. The maximum atomic E-state index is 6.56. The van der Waals surface area contributed by atoms with Crippen LogP contribution in [-0.4, -0.2) is 20.4 Å². The molecule has 2 heterocycles. The van der Waals surface area contributed by atoms with Crippen LogP contribution >= 0.6 is 46.1 Å². The summed E-state index contributed by atoms with van der Waals surface area (Å²) in [5.74, 6) is 0. The van der Waals surface area contributed by atoms with Gasteiger partial charge < -0.3 is 0 Å². The van der Waals surface area contributed by atoms with Crippen molar-refractivity contribution in [2.24, 2.45) is 0 Å². The summed E-state index contributed by atoms with van der Waals surface area (Å²) in [7, 11) is 0. The number of aromatic nitrogens is 4. The van der Waals surface area contributed by atoms with Crippen LogP contribution in [0, 0.1) is 0 Å². The Morgan fingerprint density at radius 1 is 0.861 bits per heavy atom. The zero-order valence-corrected chi connectivity index (χ0v) is 22.2. The number of halogens is 3. The van der Waals surface area contributed by atoms with Gasteiger partial charge in [-0.25, -0.2) is 0 Å². The lowest BCUT2D eigenvalue weighted by molar-refractivity contribution is 0.670. The minimum absolute atomic E-state index is 0.0756. The van der Waals surface area contributed by atoms with Crippen molar-refractivity contribution < 1.29 is 0 Å². The molecule has 0 saturated heterocycles. The van der Waals surface area contributed by atoms with Crippen molar-refractivity contribution >= 4 is 46.1 Å². The van der Waals surface area contributed by atoms with E-state index in [1.165, 1.54) is 5.56 Å². The number of hydrogen-bond acceptors (Lipinski definition) is 4. The molecule has 0 unspecified atom stereocenters. The molecule has 1 aliphatic rings. The van der Waals surface area contributed by atoms with Gasteiger partial charge in [0.15, 0.2) is 5.01 Å². The van der Waals surface area contributed by atoms with E-state index < -0.39 is 0 Å². The predicted octanol–water partition coefficient (Wildman–Crippen LogP) is 8.42. The molecule has 3 aromatic carbocycles. The van der Waals surface area contributed by atoms with E-state index in [2.05, 4.69) is 45.6 Å². The van der Waals surface area contributed by atoms with Gasteiger partial charge in [-0.2, -0.15) is 5.10 Å². The van der Waals surface area contributed by atoms with Crippen LogP contribution < -0.4 is 0 Å². The van der Waals surface area contributed by atoms with Crippen molar-refractivity contribution in [1.82, 2.24) is 20.4 Å². The molecule has 1 saturated carbocycles.